The van der Waals surface area contributed by atoms with Crippen molar-refractivity contribution in [2.75, 3.05) is 0 Å². The molecule has 6 rings (SSSR count). The van der Waals surface area contributed by atoms with Crippen molar-refractivity contribution >= 4 is 11.3 Å². The van der Waals surface area contributed by atoms with Gasteiger partial charge in [0.2, 0.25) is 0 Å². The number of hydrogen-bond donors (Lipinski definition) is 1. The van der Waals surface area contributed by atoms with E-state index in [-0.39, 0.29) is 22.3 Å². The fourth-order valence-electron chi connectivity index (χ4n) is 2.43. The van der Waals surface area contributed by atoms with Crippen molar-refractivity contribution in [2.24, 2.45) is 0 Å². The van der Waals surface area contributed by atoms with Crippen molar-refractivity contribution in [3.63, 3.8) is 0 Å². The summed E-state index contributed by atoms with van der Waals surface area (Å²) in [6.07, 6.45) is 15.9. The molecule has 6 nitrogen and oxygen atoms in total. The Kier molecular flexibility index (Phi) is 204. The Balaban J connectivity index is -0.0000000339. The number of thiophene rings is 1. The molecule has 0 atom stereocenters. The topological polar surface area (TPSA) is 80.2 Å². The molecule has 0 bridgehead atoms. The van der Waals surface area contributed by atoms with Crippen LogP contribution >= 0.6 is 11.3 Å². The normalized spacial score (nSPS) is 6.30. The van der Waals surface area contributed by atoms with Crippen LogP contribution < -0.4 is 0 Å². The number of benzene rings is 1. The van der Waals surface area contributed by atoms with Gasteiger partial charge in [0.15, 0.2) is 0 Å². The number of hydrogen-bond acceptors (Lipinski definition) is 6. The van der Waals surface area contributed by atoms with E-state index < -0.39 is 0 Å². The highest BCUT2D eigenvalue weighted by Gasteiger charge is 1.77. The molecule has 0 unspecified atom stereocenters. The lowest BCUT2D eigenvalue weighted by Crippen LogP contribution is -1.75. The predicted octanol–water partition coefficient (Wildman–Crippen LogP) is 22.6. The number of aryl methyl sites for hydroxylation is 6. The minimum atomic E-state index is 0. The van der Waals surface area contributed by atoms with Gasteiger partial charge in [-0.3, -0.25) is 15.1 Å². The number of nitrogens with one attached hydrogen (secondary N) is 1. The van der Waals surface area contributed by atoms with Crippen molar-refractivity contribution in [1.82, 2.24) is 30.1 Å². The summed E-state index contributed by atoms with van der Waals surface area (Å²) >= 11 is 1.74. The van der Waals surface area contributed by atoms with Crippen LogP contribution in [0.15, 0.2) is 127 Å². The van der Waals surface area contributed by atoms with Gasteiger partial charge in [-0.1, -0.05) is 230 Å². The first kappa shape index (κ1) is 105. The highest BCUT2D eigenvalue weighted by Crippen LogP contribution is 2.01. The van der Waals surface area contributed by atoms with E-state index in [0.717, 1.165) is 5.56 Å². The van der Waals surface area contributed by atoms with E-state index in [0.29, 0.717) is 0 Å². The van der Waals surface area contributed by atoms with Crippen molar-refractivity contribution in [2.45, 2.75) is 230 Å². The van der Waals surface area contributed by atoms with E-state index in [1.807, 2.05) is 249 Å². The molecule has 0 saturated carbocycles. The molecule has 0 aliphatic rings. The summed E-state index contributed by atoms with van der Waals surface area (Å²) in [5.41, 5.74) is 7.43. The lowest BCUT2D eigenvalue weighted by atomic mass is 10.2. The highest BCUT2D eigenvalue weighted by atomic mass is 32.1. The average molecular weight is 962 g/mol. The van der Waals surface area contributed by atoms with Gasteiger partial charge in [0.25, 0.3) is 0 Å². The van der Waals surface area contributed by atoms with E-state index in [1.54, 1.807) is 48.5 Å². The van der Waals surface area contributed by atoms with Crippen LogP contribution in [-0.4, -0.2) is 30.1 Å². The first-order valence-corrected chi connectivity index (χ1v) is 25.7. The van der Waals surface area contributed by atoms with E-state index in [9.17, 15) is 0 Å². The molecule has 6 aromatic rings. The van der Waals surface area contributed by atoms with Crippen LogP contribution in [0.1, 0.15) is 222 Å². The summed E-state index contributed by atoms with van der Waals surface area (Å²) in [6.45, 7) is 60.2. The number of aromatic nitrogens is 6. The van der Waals surface area contributed by atoms with Gasteiger partial charge in [-0.25, -0.2) is 9.97 Å². The molecule has 0 aliphatic carbocycles. The van der Waals surface area contributed by atoms with Crippen LogP contribution in [-0.2, 0) is 0 Å². The second-order valence-corrected chi connectivity index (χ2v) is 9.48. The number of rotatable bonds is 0. The molecule has 0 fully saturated rings. The highest BCUT2D eigenvalue weighted by molar-refractivity contribution is 7.07. The van der Waals surface area contributed by atoms with Crippen molar-refractivity contribution in [3.8, 4) is 0 Å². The van der Waals surface area contributed by atoms with Crippen molar-refractivity contribution < 1.29 is 0 Å². The molecule has 0 radical (unpaired) electrons. The summed E-state index contributed by atoms with van der Waals surface area (Å²) in [7, 11) is 0. The first-order valence-electron chi connectivity index (χ1n) is 24.8. The van der Waals surface area contributed by atoms with Crippen LogP contribution in [0.3, 0.4) is 0 Å². The third-order valence-electron chi connectivity index (χ3n) is 4.58. The maximum absolute atomic E-state index is 3.88. The Labute approximate surface area is 430 Å². The summed E-state index contributed by atoms with van der Waals surface area (Å²) in [4.78, 5) is 15.3. The van der Waals surface area contributed by atoms with Crippen LogP contribution in [0, 0.1) is 41.5 Å². The second kappa shape index (κ2) is 131. The van der Waals surface area contributed by atoms with Crippen molar-refractivity contribution in [1.29, 1.82) is 0 Å². The van der Waals surface area contributed by atoms with Gasteiger partial charge in [-0.2, -0.15) is 16.4 Å². The quantitative estimate of drug-likeness (QED) is 0.164. The SMILES string of the molecule is C.C.C.CC.CC.CC.CC.CC.CC.CC.CC.CC.CC.CC.CC.Cc1ccccc1.Cc1cccnc1.Cc1ccncc1.Cc1ccsc1.Cc1cn[nH]c1.Cc1cncnc1. The Morgan fingerprint density at radius 1 is 0.328 bits per heavy atom. The van der Waals surface area contributed by atoms with Crippen LogP contribution in [0.5, 0.6) is 0 Å². The molecule has 0 saturated heterocycles. The third kappa shape index (κ3) is 126. The molecule has 1 N–H and O–H groups in total. The van der Waals surface area contributed by atoms with Crippen LogP contribution in [0.25, 0.3) is 0 Å². The van der Waals surface area contributed by atoms with E-state index in [2.05, 4.69) is 72.9 Å². The minimum Gasteiger partial charge on any atom is -0.285 e. The zero-order valence-electron chi connectivity index (χ0n) is 48.3. The van der Waals surface area contributed by atoms with Gasteiger partial charge in [0.1, 0.15) is 6.33 Å². The first-order chi connectivity index (χ1) is 31.4. The molecule has 7 heteroatoms. The Hall–Kier alpha value is -4.49. The van der Waals surface area contributed by atoms with E-state index in [1.165, 1.54) is 34.1 Å². The number of H-pyrrole nitrogens is 1. The number of nitrogens with zero attached hydrogens (tertiary/aromatic N) is 5. The monoisotopic (exact) mass is 961 g/mol. The standard InChI is InChI=1S/C7H8.2C6H7N.C5H6N2.C5H6S.C4H6N2.12C2H6.3CH4/c1-7-5-3-2-4-6-7;1-6-2-4-7-5-3-6;1-6-3-2-4-7-5-6;1-5-2-6-4-7-3-5;1-5-2-3-6-4-5;1-4-2-5-6-3-4;12*1-2;;;/h2-6H,1H3;2*2-5H,1H3;2-4H,1H3;2-4H,1H3;2-3H,1H3,(H,5,6);12*1-2H3;3*1H4. The van der Waals surface area contributed by atoms with Crippen LogP contribution in [0.2, 0.25) is 0 Å². The maximum atomic E-state index is 3.88. The van der Waals surface area contributed by atoms with Gasteiger partial charge >= 0.3 is 0 Å². The molecule has 0 spiro atoms. The summed E-state index contributed by atoms with van der Waals surface area (Å²) in [6, 6.07) is 20.3. The molecular formula is C60H124N6S. The molecule has 67 heavy (non-hydrogen) atoms. The lowest BCUT2D eigenvalue weighted by molar-refractivity contribution is 1.09. The number of aromatic amines is 1. The van der Waals surface area contributed by atoms with Gasteiger partial charge in [-0.05, 0) is 104 Å². The average Bonchev–Trinajstić information content (AvgIpc) is 4.11. The molecule has 5 heterocycles. The smallest absolute Gasteiger partial charge is 0.115 e. The number of pyridine rings is 2. The fraction of sp³-hybridized carbons (Fsp3) is 0.550. The van der Waals surface area contributed by atoms with Gasteiger partial charge < -0.3 is 0 Å². The minimum absolute atomic E-state index is 0. The lowest BCUT2D eigenvalue weighted by Gasteiger charge is -1.82. The zero-order valence-corrected chi connectivity index (χ0v) is 49.1. The molecule has 400 valence electrons. The van der Waals surface area contributed by atoms with Gasteiger partial charge in [-0.15, -0.1) is 0 Å². The third-order valence-corrected chi connectivity index (χ3v) is 5.39. The van der Waals surface area contributed by atoms with E-state index >= 15 is 0 Å². The maximum Gasteiger partial charge on any atom is 0.115 e. The van der Waals surface area contributed by atoms with Gasteiger partial charge in [0.05, 0.1) is 6.20 Å². The van der Waals surface area contributed by atoms with Crippen LogP contribution in [0.4, 0.5) is 0 Å². The summed E-state index contributed by atoms with van der Waals surface area (Å²) < 4.78 is 0. The van der Waals surface area contributed by atoms with Gasteiger partial charge in [0, 0.05) is 43.4 Å². The second-order valence-electron chi connectivity index (χ2n) is 8.70. The van der Waals surface area contributed by atoms with E-state index in [4.69, 9.17) is 0 Å². The zero-order chi connectivity index (χ0) is 53.3. The fourth-order valence-corrected chi connectivity index (χ4v) is 3.10. The molecule has 0 amide bonds. The largest absolute Gasteiger partial charge is 0.285 e. The van der Waals surface area contributed by atoms with Crippen molar-refractivity contribution in [3.05, 3.63) is 161 Å². The molecule has 5 aromatic heterocycles. The molecule has 1 aromatic carbocycles. The summed E-state index contributed by atoms with van der Waals surface area (Å²) in [5, 5.41) is 10.6. The Bertz CT molecular complexity index is 1140. The molecular weight excluding hydrogens is 837 g/mol. The summed E-state index contributed by atoms with van der Waals surface area (Å²) in [5.74, 6) is 0. The predicted molar refractivity (Wildman–Crippen MR) is 325 cm³/mol. The Morgan fingerprint density at radius 2 is 0.701 bits per heavy atom. The Morgan fingerprint density at radius 3 is 0.851 bits per heavy atom. The molecule has 0 aliphatic heterocycles.